The van der Waals surface area contributed by atoms with E-state index >= 15 is 0 Å². The Bertz CT molecular complexity index is 456. The van der Waals surface area contributed by atoms with Crippen LogP contribution in [0, 0.1) is 0 Å². The Balaban J connectivity index is 2.11. The second-order valence-corrected chi connectivity index (χ2v) is 5.71. The number of rotatable bonds is 4. The molecule has 1 N–H and O–H groups in total. The van der Waals surface area contributed by atoms with Gasteiger partial charge >= 0.3 is 0 Å². The Hall–Kier alpha value is -1.40. The van der Waals surface area contributed by atoms with E-state index < -0.39 is 0 Å². The predicted molar refractivity (Wildman–Crippen MR) is 78.3 cm³/mol. The second-order valence-electron chi connectivity index (χ2n) is 5.71. The second kappa shape index (κ2) is 6.37. The maximum absolute atomic E-state index is 12.5. The molecule has 1 amide bonds. The maximum atomic E-state index is 12.5. The van der Waals surface area contributed by atoms with Crippen molar-refractivity contribution in [3.05, 3.63) is 18.2 Å². The molecular formula is C14H25N5O. The molecule has 1 atom stereocenters. The van der Waals surface area contributed by atoms with Crippen LogP contribution in [-0.2, 0) is 11.8 Å². The van der Waals surface area contributed by atoms with Gasteiger partial charge in [-0.3, -0.25) is 9.69 Å². The molecule has 0 saturated carbocycles. The monoisotopic (exact) mass is 279 g/mol. The zero-order chi connectivity index (χ0) is 14.7. The van der Waals surface area contributed by atoms with Crippen LogP contribution >= 0.6 is 0 Å². The minimum atomic E-state index is 0.0248. The van der Waals surface area contributed by atoms with Gasteiger partial charge in [-0.25, -0.2) is 4.98 Å². The molecule has 112 valence electrons. The Morgan fingerprint density at radius 3 is 2.95 bits per heavy atom. The number of hydrogen-bond acceptors (Lipinski definition) is 4. The third-order valence-electron chi connectivity index (χ3n) is 3.99. The van der Waals surface area contributed by atoms with E-state index in [9.17, 15) is 4.79 Å². The zero-order valence-electron chi connectivity index (χ0n) is 12.8. The molecule has 1 fully saturated rings. The Kier molecular flexibility index (Phi) is 4.77. The summed E-state index contributed by atoms with van der Waals surface area (Å²) in [6.45, 7) is 7.00. The lowest BCUT2D eigenvalue weighted by Gasteiger charge is -2.37. The van der Waals surface area contributed by atoms with Crippen molar-refractivity contribution in [3.8, 4) is 0 Å². The fourth-order valence-corrected chi connectivity index (χ4v) is 2.42. The first-order valence-electron chi connectivity index (χ1n) is 7.18. The highest BCUT2D eigenvalue weighted by Gasteiger charge is 2.30. The maximum Gasteiger partial charge on any atom is 0.237 e. The summed E-state index contributed by atoms with van der Waals surface area (Å²) in [7, 11) is 3.96. The van der Waals surface area contributed by atoms with Gasteiger partial charge in [-0.2, -0.15) is 0 Å². The molecule has 6 heteroatoms. The summed E-state index contributed by atoms with van der Waals surface area (Å²) in [6, 6.07) is 0.394. The minimum absolute atomic E-state index is 0.0248. The lowest BCUT2D eigenvalue weighted by molar-refractivity contribution is -0.136. The van der Waals surface area contributed by atoms with Crippen molar-refractivity contribution >= 4 is 5.91 Å². The number of nitrogens with one attached hydrogen (secondary N) is 1. The molecule has 0 aromatic carbocycles. The van der Waals surface area contributed by atoms with E-state index in [-0.39, 0.29) is 11.9 Å². The molecule has 0 aliphatic carbocycles. The zero-order valence-corrected chi connectivity index (χ0v) is 12.8. The van der Waals surface area contributed by atoms with Gasteiger partial charge in [0.25, 0.3) is 0 Å². The van der Waals surface area contributed by atoms with Gasteiger partial charge in [0.15, 0.2) is 0 Å². The van der Waals surface area contributed by atoms with Crippen molar-refractivity contribution < 1.29 is 4.79 Å². The number of piperazine rings is 1. The summed E-state index contributed by atoms with van der Waals surface area (Å²) in [4.78, 5) is 21.0. The average Bonchev–Trinajstić information content (AvgIpc) is 2.84. The molecule has 1 aliphatic rings. The van der Waals surface area contributed by atoms with E-state index in [1.54, 1.807) is 6.20 Å². The number of nitrogens with zero attached hydrogens (tertiary/aromatic N) is 4. The molecule has 0 spiro atoms. The van der Waals surface area contributed by atoms with Crippen LogP contribution in [0.4, 0.5) is 0 Å². The molecule has 1 aromatic heterocycles. The molecule has 6 nitrogen and oxygen atoms in total. The van der Waals surface area contributed by atoms with Gasteiger partial charge in [0.2, 0.25) is 5.91 Å². The highest BCUT2D eigenvalue weighted by molar-refractivity contribution is 5.78. The Labute approximate surface area is 120 Å². The molecule has 1 unspecified atom stereocenters. The molecule has 20 heavy (non-hydrogen) atoms. The molecule has 1 aromatic rings. The van der Waals surface area contributed by atoms with Gasteiger partial charge in [0.05, 0.1) is 6.54 Å². The van der Waals surface area contributed by atoms with Crippen LogP contribution in [0.1, 0.15) is 25.7 Å². The van der Waals surface area contributed by atoms with Crippen LogP contribution < -0.4 is 5.32 Å². The first kappa shape index (κ1) is 15.0. The van der Waals surface area contributed by atoms with Gasteiger partial charge in [-0.05, 0) is 20.9 Å². The van der Waals surface area contributed by atoms with Crippen molar-refractivity contribution in [2.45, 2.75) is 25.9 Å². The van der Waals surface area contributed by atoms with Crippen LogP contribution in [0.3, 0.4) is 0 Å². The van der Waals surface area contributed by atoms with Crippen molar-refractivity contribution in [1.29, 1.82) is 0 Å². The molecule has 2 rings (SSSR count). The number of aryl methyl sites for hydroxylation is 1. The molecule has 2 heterocycles. The smallest absolute Gasteiger partial charge is 0.237 e. The minimum Gasteiger partial charge on any atom is -0.336 e. The summed E-state index contributed by atoms with van der Waals surface area (Å²) in [5, 5.41) is 3.35. The van der Waals surface area contributed by atoms with E-state index in [2.05, 4.69) is 29.0 Å². The fourth-order valence-electron chi connectivity index (χ4n) is 2.42. The van der Waals surface area contributed by atoms with E-state index in [4.69, 9.17) is 0 Å². The van der Waals surface area contributed by atoms with Crippen LogP contribution in [0.15, 0.2) is 12.4 Å². The topological polar surface area (TPSA) is 53.4 Å². The third kappa shape index (κ3) is 3.19. The van der Waals surface area contributed by atoms with Crippen LogP contribution in [0.25, 0.3) is 0 Å². The molecular weight excluding hydrogens is 254 g/mol. The summed E-state index contributed by atoms with van der Waals surface area (Å²) >= 11 is 0. The quantitative estimate of drug-likeness (QED) is 0.857. The fraction of sp³-hybridized carbons (Fsp3) is 0.714. The number of likely N-dealkylation sites (N-methyl/N-ethyl adjacent to an activating group) is 1. The SMILES string of the molecule is CC(C)N(C)CC(=O)N1CCNCC1c1nccn1C. The number of amides is 1. The third-order valence-corrected chi connectivity index (χ3v) is 3.99. The van der Waals surface area contributed by atoms with Crippen LogP contribution in [-0.4, -0.2) is 64.5 Å². The number of carbonyl (C=O) groups excluding carboxylic acids is 1. The van der Waals surface area contributed by atoms with Gasteiger partial charge < -0.3 is 14.8 Å². The highest BCUT2D eigenvalue weighted by atomic mass is 16.2. The summed E-state index contributed by atoms with van der Waals surface area (Å²) in [5.74, 6) is 1.12. The number of aromatic nitrogens is 2. The van der Waals surface area contributed by atoms with Crippen molar-refractivity contribution in [3.63, 3.8) is 0 Å². The van der Waals surface area contributed by atoms with Gasteiger partial charge in [-0.15, -0.1) is 0 Å². The lowest BCUT2D eigenvalue weighted by atomic mass is 10.1. The summed E-state index contributed by atoms with van der Waals surface area (Å²) < 4.78 is 1.99. The van der Waals surface area contributed by atoms with Crippen molar-refractivity contribution in [2.24, 2.45) is 7.05 Å². The number of imidazole rings is 1. The molecule has 0 radical (unpaired) electrons. The van der Waals surface area contributed by atoms with E-state index in [0.717, 1.165) is 25.5 Å². The van der Waals surface area contributed by atoms with E-state index in [1.807, 2.05) is 29.8 Å². The van der Waals surface area contributed by atoms with E-state index in [1.165, 1.54) is 0 Å². The van der Waals surface area contributed by atoms with Crippen LogP contribution in [0.5, 0.6) is 0 Å². The van der Waals surface area contributed by atoms with Crippen molar-refractivity contribution in [1.82, 2.24) is 24.7 Å². The number of hydrogen-bond donors (Lipinski definition) is 1. The van der Waals surface area contributed by atoms with Crippen LogP contribution in [0.2, 0.25) is 0 Å². The molecule has 1 aliphatic heterocycles. The van der Waals surface area contributed by atoms with Crippen molar-refractivity contribution in [2.75, 3.05) is 33.2 Å². The summed E-state index contributed by atoms with van der Waals surface area (Å²) in [5.41, 5.74) is 0. The predicted octanol–water partition coefficient (Wildman–Crippen LogP) is 0.233. The van der Waals surface area contributed by atoms with Gasteiger partial charge in [-0.1, -0.05) is 0 Å². The lowest BCUT2D eigenvalue weighted by Crippen LogP contribution is -2.52. The first-order valence-corrected chi connectivity index (χ1v) is 7.18. The Morgan fingerprint density at radius 1 is 1.60 bits per heavy atom. The first-order chi connectivity index (χ1) is 9.50. The Morgan fingerprint density at radius 2 is 2.35 bits per heavy atom. The van der Waals surface area contributed by atoms with Gasteiger partial charge in [0.1, 0.15) is 11.9 Å². The highest BCUT2D eigenvalue weighted by Crippen LogP contribution is 2.20. The number of carbonyl (C=O) groups is 1. The largest absolute Gasteiger partial charge is 0.336 e. The van der Waals surface area contributed by atoms with E-state index in [0.29, 0.717) is 12.6 Å². The average molecular weight is 279 g/mol. The normalized spacial score (nSPS) is 19.9. The molecule has 0 bridgehead atoms. The molecule has 1 saturated heterocycles. The standard InChI is InChI=1S/C14H25N5O/c1-11(2)18(4)10-13(20)19-8-5-15-9-12(19)14-16-6-7-17(14)3/h6-7,11-12,15H,5,8-10H2,1-4H3. The summed E-state index contributed by atoms with van der Waals surface area (Å²) in [6.07, 6.45) is 3.71. The van der Waals surface area contributed by atoms with Gasteiger partial charge in [0, 0.05) is 45.1 Å².